The van der Waals surface area contributed by atoms with E-state index in [4.69, 9.17) is 11.5 Å². The Bertz CT molecular complexity index is 676. The van der Waals surface area contributed by atoms with Gasteiger partial charge in [0.1, 0.15) is 6.04 Å². The summed E-state index contributed by atoms with van der Waals surface area (Å²) in [6.07, 6.45) is -0.240. The highest BCUT2D eigenvalue weighted by atomic mass is 32.2. The second-order valence-corrected chi connectivity index (χ2v) is 5.66. The fourth-order valence-electron chi connectivity index (χ4n) is 1.39. The van der Waals surface area contributed by atoms with Gasteiger partial charge in [-0.3, -0.25) is 4.79 Å². The van der Waals surface area contributed by atoms with Crippen LogP contribution in [0.5, 0.6) is 0 Å². The van der Waals surface area contributed by atoms with Gasteiger partial charge in [-0.15, -0.1) is 12.3 Å². The number of carboxylic acids is 1. The van der Waals surface area contributed by atoms with Gasteiger partial charge in [0.15, 0.2) is 0 Å². The molecule has 0 saturated carbocycles. The molecule has 0 amide bonds. The number of carbonyl (C=O) groups is 1. The van der Waals surface area contributed by atoms with Gasteiger partial charge in [0.2, 0.25) is 10.0 Å². The second kappa shape index (κ2) is 6.15. The average molecular weight is 321 g/mol. The quantitative estimate of drug-likeness (QED) is 0.804. The first-order valence-corrected chi connectivity index (χ1v) is 6.92. The van der Waals surface area contributed by atoms with Crippen LogP contribution in [0.1, 0.15) is 12.0 Å². The fourth-order valence-corrected chi connectivity index (χ4v) is 2.63. The number of terminal acetylenes is 1. The van der Waals surface area contributed by atoms with Gasteiger partial charge in [0.05, 0.1) is 10.5 Å². The minimum absolute atomic E-state index is 0.414. The van der Waals surface area contributed by atoms with Gasteiger partial charge >= 0.3 is 12.1 Å². The van der Waals surface area contributed by atoms with Gasteiger partial charge in [-0.2, -0.15) is 17.9 Å². The van der Waals surface area contributed by atoms with Crippen molar-refractivity contribution in [3.05, 3.63) is 29.8 Å². The van der Waals surface area contributed by atoms with E-state index in [-0.39, 0.29) is 0 Å². The summed E-state index contributed by atoms with van der Waals surface area (Å²) in [6.45, 7) is 0. The van der Waals surface area contributed by atoms with E-state index in [1.54, 1.807) is 4.72 Å². The third-order valence-electron chi connectivity index (χ3n) is 2.39. The summed E-state index contributed by atoms with van der Waals surface area (Å²) >= 11 is 0. The zero-order valence-corrected chi connectivity index (χ0v) is 11.2. The standard InChI is InChI=1S/C12H10F3NO4S/c1-2-4-10(11(17)18)16-21(19,20)9-6-3-5-8(7-9)12(13,14)15/h1,3,5-7,10,16H,4H2,(H,17,18). The van der Waals surface area contributed by atoms with Gasteiger partial charge in [0.25, 0.3) is 0 Å². The average Bonchev–Trinajstić information content (AvgIpc) is 2.37. The van der Waals surface area contributed by atoms with E-state index in [1.807, 2.05) is 5.92 Å². The van der Waals surface area contributed by atoms with E-state index in [9.17, 15) is 26.4 Å². The first-order valence-electron chi connectivity index (χ1n) is 5.44. The SMILES string of the molecule is C#CCC(NS(=O)(=O)c1cccc(C(F)(F)F)c1)C(=O)O. The van der Waals surface area contributed by atoms with Gasteiger partial charge in [-0.05, 0) is 18.2 Å². The molecule has 9 heteroatoms. The Kier molecular flexibility index (Phi) is 4.98. The summed E-state index contributed by atoms with van der Waals surface area (Å²) in [4.78, 5) is 10.1. The molecule has 0 aliphatic rings. The lowest BCUT2D eigenvalue weighted by Crippen LogP contribution is -2.40. The summed E-state index contributed by atoms with van der Waals surface area (Å²) in [6, 6.07) is 1.34. The predicted octanol–water partition coefficient (Wildman–Crippen LogP) is 1.46. The van der Waals surface area contributed by atoms with Crippen molar-refractivity contribution in [1.82, 2.24) is 4.72 Å². The number of hydrogen-bond acceptors (Lipinski definition) is 3. The maximum atomic E-state index is 12.5. The van der Waals surface area contributed by atoms with Crippen LogP contribution in [-0.4, -0.2) is 25.5 Å². The number of halogens is 3. The van der Waals surface area contributed by atoms with Crippen molar-refractivity contribution in [2.45, 2.75) is 23.5 Å². The number of sulfonamides is 1. The largest absolute Gasteiger partial charge is 0.480 e. The molecule has 114 valence electrons. The highest BCUT2D eigenvalue weighted by molar-refractivity contribution is 7.89. The molecule has 0 radical (unpaired) electrons. The van der Waals surface area contributed by atoms with Crippen LogP contribution >= 0.6 is 0 Å². The van der Waals surface area contributed by atoms with Crippen LogP contribution in [0.2, 0.25) is 0 Å². The molecule has 1 atom stereocenters. The van der Waals surface area contributed by atoms with Crippen molar-refractivity contribution in [2.24, 2.45) is 0 Å². The molecular weight excluding hydrogens is 311 g/mol. The lowest BCUT2D eigenvalue weighted by atomic mass is 10.2. The van der Waals surface area contributed by atoms with E-state index in [2.05, 4.69) is 0 Å². The normalized spacial score (nSPS) is 13.4. The molecule has 0 spiro atoms. The smallest absolute Gasteiger partial charge is 0.416 e. The molecule has 0 heterocycles. The van der Waals surface area contributed by atoms with Gasteiger partial charge in [-0.25, -0.2) is 8.42 Å². The molecule has 0 saturated heterocycles. The summed E-state index contributed by atoms with van der Waals surface area (Å²) < 4.78 is 63.1. The first-order chi connectivity index (χ1) is 9.58. The number of hydrogen-bond donors (Lipinski definition) is 2. The van der Waals surface area contributed by atoms with Crippen molar-refractivity contribution >= 4 is 16.0 Å². The van der Waals surface area contributed by atoms with Crippen LogP contribution < -0.4 is 4.72 Å². The Morgan fingerprint density at radius 3 is 2.52 bits per heavy atom. The number of nitrogens with one attached hydrogen (secondary N) is 1. The zero-order valence-electron chi connectivity index (χ0n) is 10.4. The van der Waals surface area contributed by atoms with Crippen molar-refractivity contribution in [2.75, 3.05) is 0 Å². The van der Waals surface area contributed by atoms with Gasteiger partial charge in [0, 0.05) is 6.42 Å². The van der Waals surface area contributed by atoms with Crippen molar-refractivity contribution < 1.29 is 31.5 Å². The maximum Gasteiger partial charge on any atom is 0.416 e. The number of benzene rings is 1. The predicted molar refractivity (Wildman–Crippen MR) is 66.6 cm³/mol. The third kappa shape index (κ3) is 4.47. The molecule has 0 bridgehead atoms. The lowest BCUT2D eigenvalue weighted by Gasteiger charge is -2.13. The van der Waals surface area contributed by atoms with E-state index in [0.717, 1.165) is 12.1 Å². The molecule has 0 aromatic heterocycles. The molecule has 2 N–H and O–H groups in total. The van der Waals surface area contributed by atoms with E-state index < -0.39 is 45.1 Å². The lowest BCUT2D eigenvalue weighted by molar-refractivity contribution is -0.139. The fraction of sp³-hybridized carbons (Fsp3) is 0.250. The van der Waals surface area contributed by atoms with Crippen molar-refractivity contribution in [3.63, 3.8) is 0 Å². The number of aliphatic carboxylic acids is 1. The Labute approximate surface area is 118 Å². The Morgan fingerprint density at radius 1 is 1.43 bits per heavy atom. The first kappa shape index (κ1) is 17.0. The zero-order chi connectivity index (χ0) is 16.3. The Balaban J connectivity index is 3.14. The Morgan fingerprint density at radius 2 is 2.05 bits per heavy atom. The summed E-state index contributed by atoms with van der Waals surface area (Å²) in [5.41, 5.74) is -1.16. The summed E-state index contributed by atoms with van der Waals surface area (Å²) in [7, 11) is -4.44. The second-order valence-electron chi connectivity index (χ2n) is 3.95. The molecule has 0 aliphatic carbocycles. The molecule has 1 aromatic carbocycles. The molecule has 0 fully saturated rings. The number of carboxylic acid groups (broad SMARTS) is 1. The number of rotatable bonds is 5. The minimum atomic E-state index is -4.71. The van der Waals surface area contributed by atoms with Crippen LogP contribution in [0.25, 0.3) is 0 Å². The monoisotopic (exact) mass is 321 g/mol. The molecule has 5 nitrogen and oxygen atoms in total. The van der Waals surface area contributed by atoms with Crippen LogP contribution in [-0.2, 0) is 21.0 Å². The highest BCUT2D eigenvalue weighted by Gasteiger charge is 2.32. The topological polar surface area (TPSA) is 83.5 Å². The third-order valence-corrected chi connectivity index (χ3v) is 3.86. The van der Waals surface area contributed by atoms with Gasteiger partial charge in [-0.1, -0.05) is 6.07 Å². The van der Waals surface area contributed by atoms with Gasteiger partial charge < -0.3 is 5.11 Å². The molecule has 1 aromatic rings. The van der Waals surface area contributed by atoms with Crippen LogP contribution in [0.4, 0.5) is 13.2 Å². The summed E-state index contributed by atoms with van der Waals surface area (Å²) in [5, 5.41) is 8.80. The summed E-state index contributed by atoms with van der Waals surface area (Å²) in [5.74, 6) is 0.447. The van der Waals surface area contributed by atoms with Crippen LogP contribution in [0.3, 0.4) is 0 Å². The van der Waals surface area contributed by atoms with Crippen molar-refractivity contribution in [1.29, 1.82) is 0 Å². The van der Waals surface area contributed by atoms with Crippen molar-refractivity contribution in [3.8, 4) is 12.3 Å². The van der Waals surface area contributed by atoms with E-state index >= 15 is 0 Å². The minimum Gasteiger partial charge on any atom is -0.480 e. The highest BCUT2D eigenvalue weighted by Crippen LogP contribution is 2.30. The van der Waals surface area contributed by atoms with E-state index in [0.29, 0.717) is 12.1 Å². The molecule has 1 unspecified atom stereocenters. The molecular formula is C12H10F3NO4S. The number of alkyl halides is 3. The van der Waals surface area contributed by atoms with Crippen LogP contribution in [0.15, 0.2) is 29.2 Å². The molecule has 21 heavy (non-hydrogen) atoms. The Hall–Kier alpha value is -2.05. The van der Waals surface area contributed by atoms with Crippen LogP contribution in [0, 0.1) is 12.3 Å². The van der Waals surface area contributed by atoms with E-state index in [1.165, 1.54) is 0 Å². The molecule has 1 rings (SSSR count). The molecule has 0 aliphatic heterocycles. The maximum absolute atomic E-state index is 12.5.